The zero-order valence-corrected chi connectivity index (χ0v) is 13.0. The minimum absolute atomic E-state index is 0.0417. The van der Waals surface area contributed by atoms with E-state index in [1.54, 1.807) is 24.3 Å². The summed E-state index contributed by atoms with van der Waals surface area (Å²) in [5, 5.41) is 0.00183. The van der Waals surface area contributed by atoms with Crippen LogP contribution in [0.2, 0.25) is 5.32 Å². The van der Waals surface area contributed by atoms with Crippen LogP contribution in [0.5, 0.6) is 0 Å². The number of halogens is 3. The normalized spacial score (nSPS) is 13.2. The molecule has 2 aromatic carbocycles. The van der Waals surface area contributed by atoms with E-state index >= 15 is 0 Å². The zero-order chi connectivity index (χ0) is 14.4. The minimum atomic E-state index is -4.20. The fourth-order valence-electron chi connectivity index (χ4n) is 1.72. The van der Waals surface area contributed by atoms with Gasteiger partial charge in [-0.15, -0.1) is 0 Å². The number of benzene rings is 2. The van der Waals surface area contributed by atoms with E-state index in [1.165, 1.54) is 0 Å². The summed E-state index contributed by atoms with van der Waals surface area (Å²) < 4.78 is 39.2. The summed E-state index contributed by atoms with van der Waals surface area (Å²) in [5.74, 6) is 0. The second-order valence-corrected chi connectivity index (χ2v) is 7.65. The van der Waals surface area contributed by atoms with Gasteiger partial charge in [-0.2, -0.15) is 0 Å². The second-order valence-electron chi connectivity index (χ2n) is 4.09. The Bertz CT molecular complexity index is 514. The van der Waals surface area contributed by atoms with Gasteiger partial charge in [-0.05, 0) is 0 Å². The van der Waals surface area contributed by atoms with Crippen LogP contribution in [-0.4, -0.2) is 20.5 Å². The molecule has 0 N–H and O–H groups in total. The van der Waals surface area contributed by atoms with Crippen molar-refractivity contribution in [2.45, 2.75) is 16.1 Å². The standard InChI is InChI=1S/C15H13F3SSe/c16-15(17,18)19-14(12-7-3-1-4-8-12)11-20-13-9-5-2-6-10-13/h1-10,14H,11H2. The van der Waals surface area contributed by atoms with Crippen LogP contribution >= 0.6 is 11.8 Å². The first-order valence-corrected chi connectivity index (χ1v) is 8.97. The second kappa shape index (κ2) is 7.21. The third kappa shape index (κ3) is 5.23. The third-order valence-corrected chi connectivity index (χ3v) is 6.38. The molecule has 2 rings (SSSR count). The molecule has 0 aliphatic carbocycles. The first-order chi connectivity index (χ1) is 9.54. The predicted octanol–water partition coefficient (Wildman–Crippen LogP) is 4.43. The van der Waals surface area contributed by atoms with Crippen LogP contribution < -0.4 is 4.46 Å². The van der Waals surface area contributed by atoms with Gasteiger partial charge in [0.05, 0.1) is 0 Å². The number of rotatable bonds is 5. The van der Waals surface area contributed by atoms with Crippen LogP contribution in [0.25, 0.3) is 0 Å². The van der Waals surface area contributed by atoms with Crippen molar-refractivity contribution in [1.29, 1.82) is 0 Å². The average Bonchev–Trinajstić information content (AvgIpc) is 2.44. The monoisotopic (exact) mass is 362 g/mol. The van der Waals surface area contributed by atoms with Crippen molar-refractivity contribution in [3.8, 4) is 0 Å². The van der Waals surface area contributed by atoms with Crippen molar-refractivity contribution in [1.82, 2.24) is 0 Å². The summed E-state index contributed by atoms with van der Waals surface area (Å²) in [7, 11) is 0. The Morgan fingerprint density at radius 1 is 0.900 bits per heavy atom. The maximum absolute atomic E-state index is 12.7. The Labute approximate surface area is 126 Å². The first-order valence-electron chi connectivity index (χ1n) is 6.02. The van der Waals surface area contributed by atoms with Gasteiger partial charge in [-0.1, -0.05) is 0 Å². The van der Waals surface area contributed by atoms with Gasteiger partial charge in [0.2, 0.25) is 0 Å². The quantitative estimate of drug-likeness (QED) is 0.710. The molecule has 0 nitrogen and oxygen atoms in total. The first kappa shape index (κ1) is 15.5. The van der Waals surface area contributed by atoms with Gasteiger partial charge in [0.1, 0.15) is 0 Å². The van der Waals surface area contributed by atoms with E-state index in [-0.39, 0.29) is 26.7 Å². The van der Waals surface area contributed by atoms with Gasteiger partial charge in [0.15, 0.2) is 0 Å². The average molecular weight is 361 g/mol. The summed E-state index contributed by atoms with van der Waals surface area (Å²) >= 11 is 0.132. The molecule has 0 aliphatic heterocycles. The molecule has 1 atom stereocenters. The Hall–Kier alpha value is -0.901. The van der Waals surface area contributed by atoms with Crippen molar-refractivity contribution in [3.63, 3.8) is 0 Å². The Kier molecular flexibility index (Phi) is 5.58. The molecular weight excluding hydrogens is 348 g/mol. The zero-order valence-electron chi connectivity index (χ0n) is 10.5. The van der Waals surface area contributed by atoms with Gasteiger partial charge in [0.25, 0.3) is 0 Å². The summed E-state index contributed by atoms with van der Waals surface area (Å²) in [6.45, 7) is 0. The van der Waals surface area contributed by atoms with Crippen molar-refractivity contribution in [2.24, 2.45) is 0 Å². The number of thioether (sulfide) groups is 1. The number of hydrogen-bond acceptors (Lipinski definition) is 1. The van der Waals surface area contributed by atoms with Crippen molar-refractivity contribution in [3.05, 3.63) is 66.2 Å². The van der Waals surface area contributed by atoms with Gasteiger partial charge >= 0.3 is 127 Å². The summed E-state index contributed by atoms with van der Waals surface area (Å²) in [5.41, 5.74) is -3.46. The topological polar surface area (TPSA) is 0 Å². The molecule has 0 spiro atoms. The van der Waals surface area contributed by atoms with Crippen molar-refractivity contribution >= 4 is 31.2 Å². The SMILES string of the molecule is FC(F)(F)SC(C[Se]c1ccccc1)c1ccccc1. The molecule has 0 fully saturated rings. The molecular formula is C15H13F3SSe. The molecule has 0 aromatic heterocycles. The van der Waals surface area contributed by atoms with Crippen LogP contribution in [0.15, 0.2) is 60.7 Å². The van der Waals surface area contributed by atoms with Crippen molar-refractivity contribution < 1.29 is 13.2 Å². The number of hydrogen-bond donors (Lipinski definition) is 0. The summed E-state index contributed by atoms with van der Waals surface area (Å²) in [6, 6.07) is 18.6. The molecule has 0 saturated heterocycles. The molecule has 0 saturated carbocycles. The van der Waals surface area contributed by atoms with E-state index in [2.05, 4.69) is 0 Å². The Morgan fingerprint density at radius 2 is 1.45 bits per heavy atom. The molecule has 1 unspecified atom stereocenters. The molecule has 0 amide bonds. The summed E-state index contributed by atoms with van der Waals surface area (Å²) in [6.07, 6.45) is 0. The molecule has 2 aromatic rings. The van der Waals surface area contributed by atoms with Crippen LogP contribution in [0.3, 0.4) is 0 Å². The van der Waals surface area contributed by atoms with Gasteiger partial charge < -0.3 is 0 Å². The Morgan fingerprint density at radius 3 is 2.00 bits per heavy atom. The molecule has 5 heteroatoms. The van der Waals surface area contributed by atoms with E-state index in [0.717, 1.165) is 10.0 Å². The molecule has 20 heavy (non-hydrogen) atoms. The van der Waals surface area contributed by atoms with Gasteiger partial charge in [-0.25, -0.2) is 0 Å². The van der Waals surface area contributed by atoms with Crippen LogP contribution in [-0.2, 0) is 0 Å². The van der Waals surface area contributed by atoms with E-state index in [4.69, 9.17) is 0 Å². The third-order valence-electron chi connectivity index (χ3n) is 2.59. The molecule has 0 aliphatic rings. The van der Waals surface area contributed by atoms with Gasteiger partial charge in [-0.3, -0.25) is 0 Å². The molecule has 0 radical (unpaired) electrons. The maximum atomic E-state index is 12.7. The van der Waals surface area contributed by atoms with Crippen LogP contribution in [0.4, 0.5) is 13.2 Å². The number of alkyl halides is 3. The molecule has 0 heterocycles. The summed E-state index contributed by atoms with van der Waals surface area (Å²) in [4.78, 5) is 0. The van der Waals surface area contributed by atoms with E-state index in [9.17, 15) is 13.2 Å². The Balaban J connectivity index is 2.07. The van der Waals surface area contributed by atoms with Crippen LogP contribution in [0, 0.1) is 0 Å². The molecule has 0 bridgehead atoms. The fraction of sp³-hybridized carbons (Fsp3) is 0.200. The van der Waals surface area contributed by atoms with Gasteiger partial charge in [0, 0.05) is 0 Å². The predicted molar refractivity (Wildman–Crippen MR) is 79.5 cm³/mol. The fourth-order valence-corrected chi connectivity index (χ4v) is 5.04. The van der Waals surface area contributed by atoms with Crippen molar-refractivity contribution in [2.75, 3.05) is 0 Å². The van der Waals surface area contributed by atoms with E-state index in [0.29, 0.717) is 5.32 Å². The van der Waals surface area contributed by atoms with Crippen LogP contribution in [0.1, 0.15) is 10.8 Å². The van der Waals surface area contributed by atoms with E-state index in [1.807, 2.05) is 36.4 Å². The van der Waals surface area contributed by atoms with E-state index < -0.39 is 10.8 Å². The molecule has 106 valence electrons.